The lowest BCUT2D eigenvalue weighted by atomic mass is 10.1. The summed E-state index contributed by atoms with van der Waals surface area (Å²) in [6.07, 6.45) is -0.512. The maximum atomic E-state index is 11.1. The molecule has 1 amide bonds. The Bertz CT molecular complexity index is 232. The molecule has 0 saturated carbocycles. The van der Waals surface area contributed by atoms with Crippen LogP contribution in [0.5, 0.6) is 0 Å². The summed E-state index contributed by atoms with van der Waals surface area (Å²) in [5.74, 6) is 0.993. The first-order valence-corrected chi connectivity index (χ1v) is 5.91. The summed E-state index contributed by atoms with van der Waals surface area (Å²) in [6, 6.07) is 0. The van der Waals surface area contributed by atoms with E-state index in [1.807, 2.05) is 4.90 Å². The number of amides is 1. The lowest BCUT2D eigenvalue weighted by Gasteiger charge is -2.28. The number of rotatable bonds is 4. The molecule has 0 aromatic rings. The molecule has 94 valence electrons. The van der Waals surface area contributed by atoms with Crippen LogP contribution in [0.25, 0.3) is 0 Å². The van der Waals surface area contributed by atoms with E-state index < -0.39 is 6.09 Å². The molecule has 0 aromatic heterocycles. The summed E-state index contributed by atoms with van der Waals surface area (Å²) in [7, 11) is 1.33. The first kappa shape index (κ1) is 15.2. The Morgan fingerprint density at radius 2 is 1.69 bits per heavy atom. The van der Waals surface area contributed by atoms with Gasteiger partial charge in [0.2, 0.25) is 0 Å². The highest BCUT2D eigenvalue weighted by Crippen LogP contribution is 2.04. The van der Waals surface area contributed by atoms with E-state index in [0.717, 1.165) is 13.1 Å². The van der Waals surface area contributed by atoms with Gasteiger partial charge in [-0.15, -0.1) is 0 Å². The molecule has 0 unspecified atom stereocenters. The largest absolute Gasteiger partial charge is 0.453 e. The fraction of sp³-hybridized carbons (Fsp3) is 0.818. The Kier molecular flexibility index (Phi) is 7.05. The van der Waals surface area contributed by atoms with Crippen LogP contribution in [-0.2, 0) is 4.74 Å². The fourth-order valence-electron chi connectivity index (χ4n) is 1.34. The Hall–Kier alpha value is -0.840. The van der Waals surface area contributed by atoms with Crippen molar-refractivity contribution in [1.82, 2.24) is 10.2 Å². The monoisotopic (exact) mass is 246 g/mol. The number of hydrogen-bond acceptors (Lipinski definition) is 3. The average molecular weight is 246 g/mol. The highest BCUT2D eigenvalue weighted by molar-refractivity contribution is 7.80. The van der Waals surface area contributed by atoms with Gasteiger partial charge >= 0.3 is 6.09 Å². The van der Waals surface area contributed by atoms with E-state index in [-0.39, 0.29) is 0 Å². The standard InChI is InChI=1S/C11H22N2O2S/c1-8(2)6-13(7-9(3)4)10(16)12-11(14)15-5/h8-9H,6-7H2,1-5H3,(H,12,14,16). The van der Waals surface area contributed by atoms with Gasteiger partial charge in [0.15, 0.2) is 5.11 Å². The normalized spacial score (nSPS) is 10.4. The quantitative estimate of drug-likeness (QED) is 0.772. The molecule has 0 radical (unpaired) electrons. The number of hydrogen-bond donors (Lipinski definition) is 1. The zero-order chi connectivity index (χ0) is 12.7. The van der Waals surface area contributed by atoms with Crippen LogP contribution in [0.1, 0.15) is 27.7 Å². The second kappa shape index (κ2) is 7.44. The molecule has 1 N–H and O–H groups in total. The number of nitrogens with zero attached hydrogens (tertiary/aromatic N) is 1. The van der Waals surface area contributed by atoms with Gasteiger partial charge in [-0.05, 0) is 24.1 Å². The van der Waals surface area contributed by atoms with Crippen molar-refractivity contribution in [3.63, 3.8) is 0 Å². The molecule has 16 heavy (non-hydrogen) atoms. The molecule has 0 heterocycles. The second-order valence-electron chi connectivity index (χ2n) is 4.61. The summed E-state index contributed by atoms with van der Waals surface area (Å²) in [4.78, 5) is 13.1. The van der Waals surface area contributed by atoms with Crippen molar-refractivity contribution < 1.29 is 9.53 Å². The molecule has 0 atom stereocenters. The maximum absolute atomic E-state index is 11.1. The molecule has 5 heteroatoms. The minimum Gasteiger partial charge on any atom is -0.453 e. The van der Waals surface area contributed by atoms with Crippen molar-refractivity contribution >= 4 is 23.4 Å². The summed E-state index contributed by atoms with van der Waals surface area (Å²) in [5.41, 5.74) is 0. The third-order valence-electron chi connectivity index (χ3n) is 1.85. The van der Waals surface area contributed by atoms with E-state index in [1.54, 1.807) is 0 Å². The Morgan fingerprint density at radius 1 is 1.25 bits per heavy atom. The SMILES string of the molecule is COC(=O)NC(=S)N(CC(C)C)CC(C)C. The number of carbonyl (C=O) groups excluding carboxylic acids is 1. The fourth-order valence-corrected chi connectivity index (χ4v) is 1.57. The van der Waals surface area contributed by atoms with Crippen LogP contribution in [0.15, 0.2) is 0 Å². The molecule has 0 spiro atoms. The van der Waals surface area contributed by atoms with Crippen LogP contribution in [0.2, 0.25) is 0 Å². The topological polar surface area (TPSA) is 41.6 Å². The van der Waals surface area contributed by atoms with Crippen LogP contribution in [0.3, 0.4) is 0 Å². The summed E-state index contributed by atoms with van der Waals surface area (Å²) in [6.45, 7) is 10.1. The van der Waals surface area contributed by atoms with E-state index in [0.29, 0.717) is 16.9 Å². The summed E-state index contributed by atoms with van der Waals surface area (Å²) < 4.78 is 4.52. The van der Waals surface area contributed by atoms with Crippen LogP contribution in [0.4, 0.5) is 4.79 Å². The molecule has 0 aliphatic carbocycles. The summed E-state index contributed by atoms with van der Waals surface area (Å²) >= 11 is 5.17. The lowest BCUT2D eigenvalue weighted by Crippen LogP contribution is -2.45. The first-order chi connectivity index (χ1) is 7.36. The number of alkyl carbamates (subject to hydrolysis) is 1. The third-order valence-corrected chi connectivity index (χ3v) is 2.21. The van der Waals surface area contributed by atoms with Crippen LogP contribution in [-0.4, -0.2) is 36.3 Å². The van der Waals surface area contributed by atoms with Gasteiger partial charge in [0.25, 0.3) is 0 Å². The molecule has 0 bridgehead atoms. The minimum absolute atomic E-state index is 0.439. The van der Waals surface area contributed by atoms with Crippen LogP contribution < -0.4 is 5.32 Å². The number of nitrogens with one attached hydrogen (secondary N) is 1. The lowest BCUT2D eigenvalue weighted by molar-refractivity contribution is 0.175. The van der Waals surface area contributed by atoms with Crippen molar-refractivity contribution in [2.24, 2.45) is 11.8 Å². The molecule has 0 aliphatic rings. The highest BCUT2D eigenvalue weighted by atomic mass is 32.1. The average Bonchev–Trinajstić information content (AvgIpc) is 2.15. The molecule has 0 saturated heterocycles. The van der Waals surface area contributed by atoms with Gasteiger partial charge in [-0.3, -0.25) is 5.32 Å². The van der Waals surface area contributed by atoms with Crippen molar-refractivity contribution in [3.05, 3.63) is 0 Å². The predicted octanol–water partition coefficient (Wildman–Crippen LogP) is 2.24. The first-order valence-electron chi connectivity index (χ1n) is 5.50. The van der Waals surface area contributed by atoms with E-state index in [9.17, 15) is 4.79 Å². The molecular formula is C11H22N2O2S. The smallest absolute Gasteiger partial charge is 0.413 e. The Morgan fingerprint density at radius 3 is 2.00 bits per heavy atom. The van der Waals surface area contributed by atoms with Crippen molar-refractivity contribution in [1.29, 1.82) is 0 Å². The number of carbonyl (C=O) groups is 1. The molecular weight excluding hydrogens is 224 g/mol. The van der Waals surface area contributed by atoms with Gasteiger partial charge in [0.1, 0.15) is 0 Å². The zero-order valence-electron chi connectivity index (χ0n) is 10.7. The van der Waals surface area contributed by atoms with Crippen LogP contribution >= 0.6 is 12.2 Å². The van der Waals surface area contributed by atoms with Gasteiger partial charge in [0.05, 0.1) is 7.11 Å². The van der Waals surface area contributed by atoms with Gasteiger partial charge < -0.3 is 9.64 Å². The molecule has 0 fully saturated rings. The molecule has 0 aliphatic heterocycles. The van der Waals surface area contributed by atoms with Crippen LogP contribution in [0, 0.1) is 11.8 Å². The number of ether oxygens (including phenoxy) is 1. The van der Waals surface area contributed by atoms with E-state index in [2.05, 4.69) is 37.7 Å². The Labute approximate surface area is 103 Å². The summed E-state index contributed by atoms with van der Waals surface area (Å²) in [5, 5.41) is 2.98. The Balaban J connectivity index is 4.37. The van der Waals surface area contributed by atoms with Crippen molar-refractivity contribution in [3.8, 4) is 0 Å². The van der Waals surface area contributed by atoms with E-state index in [4.69, 9.17) is 12.2 Å². The number of thiocarbonyl (C=S) groups is 1. The van der Waals surface area contributed by atoms with E-state index in [1.165, 1.54) is 7.11 Å². The predicted molar refractivity (Wildman–Crippen MR) is 69.4 cm³/mol. The molecule has 0 rings (SSSR count). The molecule has 4 nitrogen and oxygen atoms in total. The number of methoxy groups -OCH3 is 1. The third kappa shape index (κ3) is 6.61. The maximum Gasteiger partial charge on any atom is 0.413 e. The molecule has 0 aromatic carbocycles. The van der Waals surface area contributed by atoms with Crippen molar-refractivity contribution in [2.45, 2.75) is 27.7 Å². The van der Waals surface area contributed by atoms with Gasteiger partial charge in [-0.25, -0.2) is 4.79 Å². The van der Waals surface area contributed by atoms with E-state index >= 15 is 0 Å². The zero-order valence-corrected chi connectivity index (χ0v) is 11.6. The van der Waals surface area contributed by atoms with Gasteiger partial charge in [0, 0.05) is 13.1 Å². The van der Waals surface area contributed by atoms with Crippen molar-refractivity contribution in [2.75, 3.05) is 20.2 Å². The second-order valence-corrected chi connectivity index (χ2v) is 5.00. The minimum atomic E-state index is -0.512. The highest BCUT2D eigenvalue weighted by Gasteiger charge is 2.15. The van der Waals surface area contributed by atoms with Gasteiger partial charge in [-0.2, -0.15) is 0 Å². The van der Waals surface area contributed by atoms with Gasteiger partial charge in [-0.1, -0.05) is 27.7 Å².